The topological polar surface area (TPSA) is 30.2 Å². The van der Waals surface area contributed by atoms with E-state index < -0.39 is 5.82 Å². The molecule has 118 valence electrons. The fraction of sp³-hybridized carbons (Fsp3) is 0.294. The fourth-order valence-corrected chi connectivity index (χ4v) is 2.36. The molecule has 0 fully saturated rings. The van der Waals surface area contributed by atoms with Crippen molar-refractivity contribution in [3.63, 3.8) is 0 Å². The largest absolute Gasteiger partial charge is 1.00 e. The van der Waals surface area contributed by atoms with Crippen molar-refractivity contribution in [3.05, 3.63) is 59.2 Å². The number of carbonyl (C=O) groups excluding carboxylic acids is 1. The van der Waals surface area contributed by atoms with E-state index in [1.165, 1.54) is 23.9 Å². The van der Waals surface area contributed by atoms with Gasteiger partial charge in [0.1, 0.15) is 0 Å². The zero-order valence-corrected chi connectivity index (χ0v) is 14.5. The molecular weight excluding hydrogens is 349 g/mol. The molecule has 0 aliphatic heterocycles. The molecule has 0 saturated carbocycles. The van der Waals surface area contributed by atoms with Crippen LogP contribution in [0.25, 0.3) is 0 Å². The van der Waals surface area contributed by atoms with Crippen LogP contribution in [0.3, 0.4) is 0 Å². The minimum Gasteiger partial charge on any atom is -1.00 e. The number of aryl methyl sites for hydroxylation is 2. The quantitative estimate of drug-likeness (QED) is 0.670. The molecular formula is C17H19BrFNO2. The van der Waals surface area contributed by atoms with E-state index >= 15 is 0 Å². The smallest absolute Gasteiger partial charge is 0.211 e. The van der Waals surface area contributed by atoms with Gasteiger partial charge in [-0.25, -0.2) is 4.39 Å². The normalized spacial score (nSPS) is 10.0. The molecule has 0 amide bonds. The summed E-state index contributed by atoms with van der Waals surface area (Å²) in [7, 11) is 1.47. The van der Waals surface area contributed by atoms with E-state index in [0.717, 1.165) is 16.7 Å². The van der Waals surface area contributed by atoms with Gasteiger partial charge < -0.3 is 21.7 Å². The molecule has 0 aliphatic rings. The number of Topliss-reactive ketones (excluding diaryl/α,β-unsaturated/α-hetero) is 1. The molecule has 1 aromatic carbocycles. The van der Waals surface area contributed by atoms with Crippen LogP contribution in [-0.4, -0.2) is 12.9 Å². The summed E-state index contributed by atoms with van der Waals surface area (Å²) in [6.45, 7) is 4.11. The number of pyridine rings is 1. The van der Waals surface area contributed by atoms with E-state index in [1.54, 1.807) is 6.20 Å². The Hall–Kier alpha value is -1.75. The van der Waals surface area contributed by atoms with Crippen LogP contribution in [0, 0.1) is 19.7 Å². The summed E-state index contributed by atoms with van der Waals surface area (Å²) in [6, 6.07) is 7.25. The lowest BCUT2D eigenvalue weighted by Gasteiger charge is -2.08. The van der Waals surface area contributed by atoms with E-state index in [-0.39, 0.29) is 29.3 Å². The van der Waals surface area contributed by atoms with Gasteiger partial charge >= 0.3 is 0 Å². The van der Waals surface area contributed by atoms with Crippen molar-refractivity contribution in [1.29, 1.82) is 0 Å². The Bertz CT molecular complexity index is 653. The Morgan fingerprint density at radius 2 is 1.86 bits per heavy atom. The number of nitrogens with zero attached hydrogens (tertiary/aromatic N) is 1. The minimum atomic E-state index is -0.422. The fourth-order valence-electron chi connectivity index (χ4n) is 2.36. The summed E-state index contributed by atoms with van der Waals surface area (Å²) < 4.78 is 19.9. The second-order valence-corrected chi connectivity index (χ2v) is 5.15. The lowest BCUT2D eigenvalue weighted by molar-refractivity contribution is -0.686. The third-order valence-electron chi connectivity index (χ3n) is 3.48. The van der Waals surface area contributed by atoms with Crippen LogP contribution in [0.4, 0.5) is 4.39 Å². The number of methoxy groups -OCH3 is 1. The van der Waals surface area contributed by atoms with Gasteiger partial charge in [0.25, 0.3) is 0 Å². The number of ketones is 1. The molecule has 0 aliphatic carbocycles. The number of halogens is 2. The van der Waals surface area contributed by atoms with Crippen LogP contribution in [0.1, 0.15) is 16.7 Å². The van der Waals surface area contributed by atoms with Crippen molar-refractivity contribution >= 4 is 5.78 Å². The highest BCUT2D eigenvalue weighted by Gasteiger charge is 2.15. The van der Waals surface area contributed by atoms with Gasteiger partial charge in [-0.2, -0.15) is 4.57 Å². The van der Waals surface area contributed by atoms with E-state index in [1.807, 2.05) is 32.0 Å². The minimum absolute atomic E-state index is 0. The first-order valence-corrected chi connectivity index (χ1v) is 6.80. The van der Waals surface area contributed by atoms with Crippen LogP contribution >= 0.6 is 0 Å². The predicted molar refractivity (Wildman–Crippen MR) is 77.8 cm³/mol. The van der Waals surface area contributed by atoms with Gasteiger partial charge in [-0.3, -0.25) is 4.79 Å². The lowest BCUT2D eigenvalue weighted by Crippen LogP contribution is -3.00. The van der Waals surface area contributed by atoms with Gasteiger partial charge in [-0.05, 0) is 30.5 Å². The second kappa shape index (κ2) is 8.03. The van der Waals surface area contributed by atoms with Crippen molar-refractivity contribution in [2.45, 2.75) is 26.8 Å². The molecule has 2 rings (SSSR count). The highest BCUT2D eigenvalue weighted by Crippen LogP contribution is 2.14. The molecule has 2 aromatic rings. The Kier molecular flexibility index (Phi) is 6.68. The average molecular weight is 368 g/mol. The summed E-state index contributed by atoms with van der Waals surface area (Å²) in [5.41, 5.74) is 3.25. The average Bonchev–Trinajstić information content (AvgIpc) is 2.42. The molecule has 0 bridgehead atoms. The van der Waals surface area contributed by atoms with Gasteiger partial charge in [-0.1, -0.05) is 18.2 Å². The van der Waals surface area contributed by atoms with E-state index in [4.69, 9.17) is 4.74 Å². The van der Waals surface area contributed by atoms with Crippen molar-refractivity contribution < 1.29 is 35.5 Å². The third kappa shape index (κ3) is 4.63. The molecule has 5 heteroatoms. The van der Waals surface area contributed by atoms with E-state index in [9.17, 15) is 9.18 Å². The number of carbonyl (C=O) groups is 1. The number of aromatic nitrogens is 1. The molecule has 0 spiro atoms. The number of hydrogen-bond acceptors (Lipinski definition) is 2. The Morgan fingerprint density at radius 3 is 2.45 bits per heavy atom. The SMILES string of the molecule is COc1cc(F)c[n+](CC(=O)Cc2c(C)cccc2C)c1.[Br-]. The van der Waals surface area contributed by atoms with Crippen LogP contribution in [0.5, 0.6) is 5.75 Å². The molecule has 0 N–H and O–H groups in total. The highest BCUT2D eigenvalue weighted by molar-refractivity contribution is 5.80. The van der Waals surface area contributed by atoms with Crippen molar-refractivity contribution in [2.24, 2.45) is 0 Å². The van der Waals surface area contributed by atoms with Gasteiger partial charge in [0.05, 0.1) is 7.11 Å². The molecule has 0 atom stereocenters. The Morgan fingerprint density at radius 1 is 1.23 bits per heavy atom. The summed E-state index contributed by atoms with van der Waals surface area (Å²) in [6.07, 6.45) is 3.27. The predicted octanol–water partition coefficient (Wildman–Crippen LogP) is -0.446. The molecule has 1 aromatic heterocycles. The Labute approximate surface area is 140 Å². The zero-order valence-electron chi connectivity index (χ0n) is 12.9. The van der Waals surface area contributed by atoms with E-state index in [0.29, 0.717) is 12.2 Å². The number of benzene rings is 1. The van der Waals surface area contributed by atoms with Crippen LogP contribution in [-0.2, 0) is 17.8 Å². The maximum absolute atomic E-state index is 13.4. The van der Waals surface area contributed by atoms with E-state index in [2.05, 4.69) is 0 Å². The summed E-state index contributed by atoms with van der Waals surface area (Å²) in [5, 5.41) is 0. The van der Waals surface area contributed by atoms with Crippen molar-refractivity contribution in [1.82, 2.24) is 0 Å². The first-order valence-electron chi connectivity index (χ1n) is 6.80. The van der Waals surface area contributed by atoms with Crippen molar-refractivity contribution in [2.75, 3.05) is 7.11 Å². The Balaban J connectivity index is 0.00000242. The van der Waals surface area contributed by atoms with Crippen LogP contribution in [0.15, 0.2) is 36.7 Å². The molecule has 0 saturated heterocycles. The summed E-state index contributed by atoms with van der Waals surface area (Å²) in [4.78, 5) is 12.2. The second-order valence-electron chi connectivity index (χ2n) is 5.15. The standard InChI is InChI=1S/C17H19FNO2.BrH/c1-12-5-4-6-13(2)17(12)8-15(20)10-19-9-14(18)7-16(11-19)21-3;/h4-7,9,11H,8,10H2,1-3H3;1H/q+1;/p-1. The maximum Gasteiger partial charge on any atom is 0.211 e. The van der Waals surface area contributed by atoms with Gasteiger partial charge in [0.2, 0.25) is 24.7 Å². The molecule has 0 radical (unpaired) electrons. The molecule has 3 nitrogen and oxygen atoms in total. The number of ether oxygens (including phenoxy) is 1. The summed E-state index contributed by atoms with van der Waals surface area (Å²) in [5.74, 6) is 0.00847. The molecule has 22 heavy (non-hydrogen) atoms. The summed E-state index contributed by atoms with van der Waals surface area (Å²) >= 11 is 0. The number of hydrogen-bond donors (Lipinski definition) is 0. The van der Waals surface area contributed by atoms with Gasteiger partial charge in [-0.15, -0.1) is 0 Å². The first kappa shape index (κ1) is 18.3. The first-order chi connectivity index (χ1) is 9.99. The van der Waals surface area contributed by atoms with Gasteiger partial charge in [0, 0.05) is 12.5 Å². The molecule has 0 unspecified atom stereocenters. The third-order valence-corrected chi connectivity index (χ3v) is 3.48. The monoisotopic (exact) mass is 367 g/mol. The molecule has 1 heterocycles. The zero-order chi connectivity index (χ0) is 15.4. The highest BCUT2D eigenvalue weighted by atomic mass is 79.9. The van der Waals surface area contributed by atoms with Crippen LogP contribution < -0.4 is 26.3 Å². The number of rotatable bonds is 5. The maximum atomic E-state index is 13.4. The van der Waals surface area contributed by atoms with Crippen molar-refractivity contribution in [3.8, 4) is 5.75 Å². The van der Waals surface area contributed by atoms with Crippen LogP contribution in [0.2, 0.25) is 0 Å². The van der Waals surface area contributed by atoms with Gasteiger partial charge in [0.15, 0.2) is 11.6 Å². The lowest BCUT2D eigenvalue weighted by atomic mass is 9.98.